The van der Waals surface area contributed by atoms with Gasteiger partial charge < -0.3 is 10.2 Å². The molecule has 1 aliphatic heterocycles. The fourth-order valence-corrected chi connectivity index (χ4v) is 2.24. The zero-order chi connectivity index (χ0) is 12.5. The van der Waals surface area contributed by atoms with E-state index in [2.05, 4.69) is 5.32 Å². The Balaban J connectivity index is 3.01. The number of hydrogen-bond donors (Lipinski definition) is 1. The smallest absolute Gasteiger partial charge is 0.246 e. The molecule has 1 N–H and O–H groups in total. The first kappa shape index (κ1) is 13.0. The third-order valence-corrected chi connectivity index (χ3v) is 3.03. The number of nitrogens with zero attached hydrogens (tertiary/aromatic N) is 1. The van der Waals surface area contributed by atoms with E-state index >= 15 is 0 Å². The van der Waals surface area contributed by atoms with Crippen LogP contribution >= 0.6 is 0 Å². The standard InChI is InChI=1S/C12H22N2O2/c1-6-9-12(16)14(8(4)5)10(7(2)3)11(15)13-9/h7-10H,6H2,1-5H3,(H,13,15). The van der Waals surface area contributed by atoms with Gasteiger partial charge in [-0.05, 0) is 26.2 Å². The van der Waals surface area contributed by atoms with Gasteiger partial charge in [0.05, 0.1) is 0 Å². The molecule has 2 amide bonds. The summed E-state index contributed by atoms with van der Waals surface area (Å²) in [6.07, 6.45) is 0.651. The summed E-state index contributed by atoms with van der Waals surface area (Å²) in [5, 5.41) is 2.80. The molecule has 4 nitrogen and oxygen atoms in total. The summed E-state index contributed by atoms with van der Waals surface area (Å²) in [6, 6.07) is -0.597. The normalized spacial score (nSPS) is 26.6. The van der Waals surface area contributed by atoms with E-state index in [9.17, 15) is 9.59 Å². The van der Waals surface area contributed by atoms with Crippen molar-refractivity contribution in [2.24, 2.45) is 5.92 Å². The fourth-order valence-electron chi connectivity index (χ4n) is 2.24. The number of rotatable bonds is 3. The predicted octanol–water partition coefficient (Wildman–Crippen LogP) is 1.16. The van der Waals surface area contributed by atoms with E-state index in [1.54, 1.807) is 4.90 Å². The summed E-state index contributed by atoms with van der Waals surface area (Å²) < 4.78 is 0. The molecule has 4 heteroatoms. The van der Waals surface area contributed by atoms with Crippen LogP contribution in [0.25, 0.3) is 0 Å². The maximum Gasteiger partial charge on any atom is 0.246 e. The number of carbonyl (C=O) groups excluding carboxylic acids is 2. The molecule has 0 aromatic heterocycles. The largest absolute Gasteiger partial charge is 0.343 e. The Bertz CT molecular complexity index is 287. The summed E-state index contributed by atoms with van der Waals surface area (Å²) in [6.45, 7) is 9.77. The van der Waals surface area contributed by atoms with Gasteiger partial charge >= 0.3 is 0 Å². The quantitative estimate of drug-likeness (QED) is 0.785. The second kappa shape index (κ2) is 4.85. The Kier molecular flexibility index (Phi) is 3.94. The van der Waals surface area contributed by atoms with Crippen LogP contribution in [0.5, 0.6) is 0 Å². The minimum atomic E-state index is -0.343. The molecule has 2 atom stereocenters. The van der Waals surface area contributed by atoms with E-state index in [0.717, 1.165) is 0 Å². The number of nitrogens with one attached hydrogen (secondary N) is 1. The third kappa shape index (κ3) is 2.20. The monoisotopic (exact) mass is 226 g/mol. The highest BCUT2D eigenvalue weighted by Crippen LogP contribution is 2.20. The van der Waals surface area contributed by atoms with Crippen molar-refractivity contribution in [3.8, 4) is 0 Å². The molecule has 0 radical (unpaired) electrons. The molecule has 0 aliphatic carbocycles. The zero-order valence-electron chi connectivity index (χ0n) is 10.8. The van der Waals surface area contributed by atoms with Gasteiger partial charge in [-0.25, -0.2) is 0 Å². The molecular formula is C12H22N2O2. The molecular weight excluding hydrogens is 204 g/mol. The molecule has 1 aliphatic rings. The molecule has 92 valence electrons. The highest BCUT2D eigenvalue weighted by Gasteiger charge is 2.42. The van der Waals surface area contributed by atoms with Gasteiger partial charge in [0.2, 0.25) is 11.8 Å². The highest BCUT2D eigenvalue weighted by molar-refractivity contribution is 5.97. The van der Waals surface area contributed by atoms with Crippen molar-refractivity contribution in [1.29, 1.82) is 0 Å². The van der Waals surface area contributed by atoms with Gasteiger partial charge in [0.15, 0.2) is 0 Å². The van der Waals surface area contributed by atoms with Crippen LogP contribution < -0.4 is 5.32 Å². The highest BCUT2D eigenvalue weighted by atomic mass is 16.2. The molecule has 1 rings (SSSR count). The lowest BCUT2D eigenvalue weighted by Crippen LogP contribution is -2.66. The summed E-state index contributed by atoms with van der Waals surface area (Å²) in [5.74, 6) is 0.176. The summed E-state index contributed by atoms with van der Waals surface area (Å²) in [4.78, 5) is 25.9. The number of piperazine rings is 1. The molecule has 1 fully saturated rings. The molecule has 0 aromatic rings. The van der Waals surface area contributed by atoms with E-state index in [1.807, 2.05) is 34.6 Å². The van der Waals surface area contributed by atoms with Crippen molar-refractivity contribution < 1.29 is 9.59 Å². The Labute approximate surface area is 97.4 Å². The lowest BCUT2D eigenvalue weighted by molar-refractivity contribution is -0.153. The third-order valence-electron chi connectivity index (χ3n) is 3.03. The van der Waals surface area contributed by atoms with Gasteiger partial charge in [-0.2, -0.15) is 0 Å². The van der Waals surface area contributed by atoms with Gasteiger partial charge in [0, 0.05) is 6.04 Å². The molecule has 1 heterocycles. The first-order valence-electron chi connectivity index (χ1n) is 6.02. The number of amides is 2. The average Bonchev–Trinajstić information content (AvgIpc) is 2.19. The fraction of sp³-hybridized carbons (Fsp3) is 0.833. The van der Waals surface area contributed by atoms with E-state index in [4.69, 9.17) is 0 Å². The van der Waals surface area contributed by atoms with E-state index in [0.29, 0.717) is 6.42 Å². The van der Waals surface area contributed by atoms with Crippen molar-refractivity contribution in [3.05, 3.63) is 0 Å². The SMILES string of the molecule is CCC1NC(=O)C(C(C)C)N(C(C)C)C1=O. The van der Waals surface area contributed by atoms with Crippen molar-refractivity contribution in [1.82, 2.24) is 10.2 Å². The van der Waals surface area contributed by atoms with Crippen LogP contribution in [0.1, 0.15) is 41.0 Å². The van der Waals surface area contributed by atoms with Crippen LogP contribution in [0.2, 0.25) is 0 Å². The first-order valence-corrected chi connectivity index (χ1v) is 6.02. The maximum atomic E-state index is 12.2. The molecule has 1 saturated heterocycles. The number of hydrogen-bond acceptors (Lipinski definition) is 2. The predicted molar refractivity (Wildman–Crippen MR) is 62.8 cm³/mol. The Morgan fingerprint density at radius 1 is 1.25 bits per heavy atom. The molecule has 0 aromatic carbocycles. The van der Waals surface area contributed by atoms with Crippen LogP contribution in [-0.2, 0) is 9.59 Å². The molecule has 16 heavy (non-hydrogen) atoms. The second-order valence-corrected chi connectivity index (χ2v) is 5.00. The van der Waals surface area contributed by atoms with Crippen molar-refractivity contribution in [2.45, 2.75) is 59.2 Å². The van der Waals surface area contributed by atoms with Gasteiger partial charge in [0.1, 0.15) is 12.1 Å². The first-order chi connectivity index (χ1) is 7.40. The topological polar surface area (TPSA) is 49.4 Å². The van der Waals surface area contributed by atoms with Gasteiger partial charge in [-0.1, -0.05) is 20.8 Å². The van der Waals surface area contributed by atoms with Gasteiger partial charge in [-0.15, -0.1) is 0 Å². The van der Waals surface area contributed by atoms with Crippen LogP contribution in [0.4, 0.5) is 0 Å². The van der Waals surface area contributed by atoms with E-state index < -0.39 is 0 Å². The summed E-state index contributed by atoms with van der Waals surface area (Å²) in [5.41, 5.74) is 0. The Morgan fingerprint density at radius 3 is 2.19 bits per heavy atom. The van der Waals surface area contributed by atoms with Crippen molar-refractivity contribution >= 4 is 11.8 Å². The minimum absolute atomic E-state index is 0.0184. The maximum absolute atomic E-state index is 12.2. The van der Waals surface area contributed by atoms with Crippen LogP contribution in [-0.4, -0.2) is 34.8 Å². The molecule has 0 bridgehead atoms. The summed E-state index contributed by atoms with van der Waals surface area (Å²) >= 11 is 0. The lowest BCUT2D eigenvalue weighted by atomic mass is 9.95. The van der Waals surface area contributed by atoms with Crippen LogP contribution in [0.15, 0.2) is 0 Å². The van der Waals surface area contributed by atoms with Crippen LogP contribution in [0, 0.1) is 5.92 Å². The minimum Gasteiger partial charge on any atom is -0.343 e. The Morgan fingerprint density at radius 2 is 1.81 bits per heavy atom. The molecule has 0 saturated carbocycles. The number of carbonyl (C=O) groups is 2. The zero-order valence-corrected chi connectivity index (χ0v) is 10.8. The Hall–Kier alpha value is -1.06. The van der Waals surface area contributed by atoms with Crippen molar-refractivity contribution in [3.63, 3.8) is 0 Å². The van der Waals surface area contributed by atoms with E-state index in [-0.39, 0.29) is 35.9 Å². The van der Waals surface area contributed by atoms with Crippen LogP contribution in [0.3, 0.4) is 0 Å². The second-order valence-electron chi connectivity index (χ2n) is 5.00. The lowest BCUT2D eigenvalue weighted by Gasteiger charge is -2.43. The summed E-state index contributed by atoms with van der Waals surface area (Å²) in [7, 11) is 0. The van der Waals surface area contributed by atoms with Gasteiger partial charge in [-0.3, -0.25) is 9.59 Å². The van der Waals surface area contributed by atoms with Crippen molar-refractivity contribution in [2.75, 3.05) is 0 Å². The molecule has 0 spiro atoms. The van der Waals surface area contributed by atoms with Gasteiger partial charge in [0.25, 0.3) is 0 Å². The van der Waals surface area contributed by atoms with E-state index in [1.165, 1.54) is 0 Å². The molecule has 2 unspecified atom stereocenters. The average molecular weight is 226 g/mol.